The molecule has 27 heavy (non-hydrogen) atoms. The molecule has 134 valence electrons. The fraction of sp³-hybridized carbons (Fsp3) is 0.0500. The summed E-state index contributed by atoms with van der Waals surface area (Å²) in [6.45, 7) is 0. The number of aromatic hydroxyl groups is 2. The molecule has 0 amide bonds. The lowest BCUT2D eigenvalue weighted by atomic mass is 9.80. The predicted octanol–water partition coefficient (Wildman–Crippen LogP) is 6.22. The predicted molar refractivity (Wildman–Crippen MR) is 112 cm³/mol. The molecular formula is C20H10Cl2O3S2. The smallest absolute Gasteiger partial charge is 0.136 e. The highest BCUT2D eigenvalue weighted by molar-refractivity contribution is 8.25. The Hall–Kier alpha value is -1.92. The standard InChI is InChI=1S/C20H10Cl2O3S2/c21-14-6-5-13-17(18(14)22)19(26)27-20(13)11-3-1-9(23)7-15(11)25-16-8-10(24)2-4-12(16)20/h1-8,23-24H. The van der Waals surface area contributed by atoms with E-state index < -0.39 is 4.75 Å². The molecule has 2 aliphatic heterocycles. The zero-order valence-corrected chi connectivity index (χ0v) is 16.6. The summed E-state index contributed by atoms with van der Waals surface area (Å²) < 4.78 is 5.93. The van der Waals surface area contributed by atoms with Gasteiger partial charge in [0.25, 0.3) is 0 Å². The Labute approximate surface area is 174 Å². The summed E-state index contributed by atoms with van der Waals surface area (Å²) in [7, 11) is 0. The highest BCUT2D eigenvalue weighted by Gasteiger charge is 2.51. The van der Waals surface area contributed by atoms with Gasteiger partial charge in [0.1, 0.15) is 27.7 Å². The van der Waals surface area contributed by atoms with Crippen molar-refractivity contribution < 1.29 is 14.9 Å². The van der Waals surface area contributed by atoms with Crippen molar-refractivity contribution in [2.75, 3.05) is 0 Å². The molecule has 0 aromatic heterocycles. The van der Waals surface area contributed by atoms with Gasteiger partial charge >= 0.3 is 0 Å². The van der Waals surface area contributed by atoms with E-state index in [4.69, 9.17) is 40.2 Å². The Kier molecular flexibility index (Phi) is 3.69. The molecule has 5 rings (SSSR count). The maximum atomic E-state index is 9.95. The van der Waals surface area contributed by atoms with Gasteiger partial charge in [0, 0.05) is 28.8 Å². The van der Waals surface area contributed by atoms with Crippen LogP contribution in [0.3, 0.4) is 0 Å². The number of thiocarbonyl (C=S) groups is 1. The van der Waals surface area contributed by atoms with Crippen molar-refractivity contribution in [3.05, 3.63) is 80.8 Å². The van der Waals surface area contributed by atoms with Gasteiger partial charge in [-0.3, -0.25) is 0 Å². The van der Waals surface area contributed by atoms with Crippen molar-refractivity contribution in [3.63, 3.8) is 0 Å². The highest BCUT2D eigenvalue weighted by Crippen LogP contribution is 2.64. The zero-order chi connectivity index (χ0) is 18.9. The Morgan fingerprint density at radius 2 is 1.41 bits per heavy atom. The summed E-state index contributed by atoms with van der Waals surface area (Å²) in [5, 5.41) is 20.8. The molecule has 3 aromatic rings. The molecule has 0 aliphatic carbocycles. The molecule has 0 radical (unpaired) electrons. The first-order valence-electron chi connectivity index (χ1n) is 7.98. The minimum Gasteiger partial charge on any atom is -0.508 e. The molecule has 3 nitrogen and oxygen atoms in total. The molecule has 0 unspecified atom stereocenters. The molecule has 2 aliphatic rings. The van der Waals surface area contributed by atoms with E-state index in [1.807, 2.05) is 18.2 Å². The fourth-order valence-corrected chi connectivity index (χ4v) is 6.27. The molecule has 0 bridgehead atoms. The summed E-state index contributed by atoms with van der Waals surface area (Å²) >= 11 is 19.9. The third kappa shape index (κ3) is 2.26. The zero-order valence-electron chi connectivity index (χ0n) is 13.5. The summed E-state index contributed by atoms with van der Waals surface area (Å²) in [4.78, 5) is 0. The van der Waals surface area contributed by atoms with Crippen LogP contribution in [0.1, 0.15) is 22.3 Å². The van der Waals surface area contributed by atoms with Gasteiger partial charge in [-0.15, -0.1) is 0 Å². The molecule has 0 saturated heterocycles. The van der Waals surface area contributed by atoms with Gasteiger partial charge in [-0.25, -0.2) is 0 Å². The lowest BCUT2D eigenvalue weighted by Gasteiger charge is -2.37. The maximum Gasteiger partial charge on any atom is 0.136 e. The van der Waals surface area contributed by atoms with Gasteiger partial charge in [0.2, 0.25) is 0 Å². The summed E-state index contributed by atoms with van der Waals surface area (Å²) in [5.74, 6) is 1.18. The van der Waals surface area contributed by atoms with Crippen molar-refractivity contribution in [1.29, 1.82) is 0 Å². The Morgan fingerprint density at radius 1 is 0.852 bits per heavy atom. The molecular weight excluding hydrogens is 423 g/mol. The molecule has 0 fully saturated rings. The van der Waals surface area contributed by atoms with Crippen molar-refractivity contribution >= 4 is 51.4 Å². The summed E-state index contributed by atoms with van der Waals surface area (Å²) in [6.07, 6.45) is 0. The van der Waals surface area contributed by atoms with Gasteiger partial charge < -0.3 is 14.9 Å². The minimum absolute atomic E-state index is 0.0902. The van der Waals surface area contributed by atoms with E-state index in [9.17, 15) is 10.2 Å². The third-order valence-electron chi connectivity index (χ3n) is 4.83. The topological polar surface area (TPSA) is 49.7 Å². The molecule has 0 atom stereocenters. The number of hydrogen-bond donors (Lipinski definition) is 2. The number of hydrogen-bond acceptors (Lipinski definition) is 5. The average Bonchev–Trinajstić information content (AvgIpc) is 2.91. The van der Waals surface area contributed by atoms with E-state index in [1.54, 1.807) is 30.3 Å². The normalized spacial score (nSPS) is 15.9. The molecule has 2 heterocycles. The van der Waals surface area contributed by atoms with Crippen LogP contribution in [0, 0.1) is 0 Å². The maximum absolute atomic E-state index is 9.95. The first-order chi connectivity index (χ1) is 12.9. The van der Waals surface area contributed by atoms with Crippen LogP contribution in [0.15, 0.2) is 48.5 Å². The van der Waals surface area contributed by atoms with Crippen molar-refractivity contribution in [1.82, 2.24) is 0 Å². The third-order valence-corrected chi connectivity index (χ3v) is 7.45. The van der Waals surface area contributed by atoms with E-state index in [1.165, 1.54) is 11.8 Å². The van der Waals surface area contributed by atoms with Gasteiger partial charge in [0.05, 0.1) is 14.2 Å². The Balaban J connectivity index is 1.92. The molecule has 1 spiro atoms. The van der Waals surface area contributed by atoms with Crippen LogP contribution in [-0.4, -0.2) is 14.4 Å². The van der Waals surface area contributed by atoms with Crippen LogP contribution in [0.5, 0.6) is 23.0 Å². The lowest BCUT2D eigenvalue weighted by molar-refractivity contribution is 0.425. The largest absolute Gasteiger partial charge is 0.508 e. The van der Waals surface area contributed by atoms with Crippen molar-refractivity contribution in [2.45, 2.75) is 4.75 Å². The second-order valence-electron chi connectivity index (χ2n) is 6.32. The van der Waals surface area contributed by atoms with Crippen LogP contribution < -0.4 is 4.74 Å². The Morgan fingerprint density at radius 3 is 2.00 bits per heavy atom. The van der Waals surface area contributed by atoms with Crippen LogP contribution >= 0.6 is 47.2 Å². The summed E-state index contributed by atoms with van der Waals surface area (Å²) in [5.41, 5.74) is 3.35. The number of phenolic OH excluding ortho intramolecular Hbond substituents is 2. The number of ether oxygens (including phenoxy) is 1. The van der Waals surface area contributed by atoms with Crippen LogP contribution in [0.4, 0.5) is 0 Å². The number of rotatable bonds is 0. The number of halogens is 2. The summed E-state index contributed by atoms with van der Waals surface area (Å²) in [6, 6.07) is 13.7. The van der Waals surface area contributed by atoms with Crippen molar-refractivity contribution in [3.8, 4) is 23.0 Å². The molecule has 0 saturated carbocycles. The van der Waals surface area contributed by atoms with E-state index in [-0.39, 0.29) is 11.5 Å². The second-order valence-corrected chi connectivity index (χ2v) is 8.99. The van der Waals surface area contributed by atoms with Crippen LogP contribution in [0.25, 0.3) is 0 Å². The minimum atomic E-state index is -0.703. The first kappa shape index (κ1) is 17.2. The molecule has 2 N–H and O–H groups in total. The van der Waals surface area contributed by atoms with E-state index in [0.717, 1.165) is 22.3 Å². The van der Waals surface area contributed by atoms with E-state index in [2.05, 4.69) is 0 Å². The monoisotopic (exact) mass is 432 g/mol. The van der Waals surface area contributed by atoms with Gasteiger partial charge in [0.15, 0.2) is 0 Å². The lowest BCUT2D eigenvalue weighted by Crippen LogP contribution is -2.27. The number of fused-ring (bicyclic) bond motifs is 6. The number of benzene rings is 3. The van der Waals surface area contributed by atoms with Crippen LogP contribution in [0.2, 0.25) is 10.0 Å². The fourth-order valence-electron chi connectivity index (χ4n) is 3.72. The number of phenols is 2. The first-order valence-corrected chi connectivity index (χ1v) is 9.96. The highest BCUT2D eigenvalue weighted by atomic mass is 35.5. The van der Waals surface area contributed by atoms with Gasteiger partial charge in [-0.2, -0.15) is 0 Å². The van der Waals surface area contributed by atoms with E-state index >= 15 is 0 Å². The van der Waals surface area contributed by atoms with Crippen LogP contribution in [-0.2, 0) is 4.75 Å². The second kappa shape index (κ2) is 5.79. The van der Waals surface area contributed by atoms with Gasteiger partial charge in [-0.1, -0.05) is 53.2 Å². The quantitative estimate of drug-likeness (QED) is 0.412. The number of thioether (sulfide) groups is 1. The Bertz CT molecular complexity index is 1110. The van der Waals surface area contributed by atoms with Crippen molar-refractivity contribution in [2.24, 2.45) is 0 Å². The van der Waals surface area contributed by atoms with Gasteiger partial charge in [-0.05, 0) is 35.9 Å². The molecule has 3 aromatic carbocycles. The SMILES string of the molecule is Oc1ccc2c(c1)Oc1cc(O)ccc1C21SC(=S)c2c1ccc(Cl)c2Cl. The average molecular weight is 433 g/mol. The molecule has 7 heteroatoms. The van der Waals surface area contributed by atoms with E-state index in [0.29, 0.717) is 25.7 Å².